The van der Waals surface area contributed by atoms with Crippen molar-refractivity contribution in [1.29, 1.82) is 5.26 Å². The highest BCUT2D eigenvalue weighted by molar-refractivity contribution is 5.93. The van der Waals surface area contributed by atoms with Crippen LogP contribution in [-0.4, -0.2) is 42.1 Å². The molecule has 0 aromatic heterocycles. The van der Waals surface area contributed by atoms with Crippen molar-refractivity contribution in [3.63, 3.8) is 0 Å². The van der Waals surface area contributed by atoms with Gasteiger partial charge in [0.25, 0.3) is 0 Å². The number of benzene rings is 1. The van der Waals surface area contributed by atoms with Gasteiger partial charge in [-0.3, -0.25) is 9.69 Å². The van der Waals surface area contributed by atoms with Gasteiger partial charge in [-0.15, -0.1) is 0 Å². The van der Waals surface area contributed by atoms with Gasteiger partial charge in [0.2, 0.25) is 0 Å². The molecule has 110 valence electrons. The molecule has 1 aliphatic heterocycles. The maximum Gasteiger partial charge on any atom is 0.324 e. The van der Waals surface area contributed by atoms with Gasteiger partial charge in [0.1, 0.15) is 6.07 Å². The number of para-hydroxylation sites is 1. The van der Waals surface area contributed by atoms with Crippen molar-refractivity contribution in [2.24, 2.45) is 11.8 Å². The fourth-order valence-corrected chi connectivity index (χ4v) is 2.62. The Hall–Kier alpha value is -2.55. The Kier molecular flexibility index (Phi) is 4.13. The smallest absolute Gasteiger partial charge is 0.324 e. The number of carbonyl (C=O) groups is 2. The third kappa shape index (κ3) is 2.82. The SMILES string of the molecule is C[C@@H]1CN(C(=O)N(C)c2ccccc2C#N)C[C@H]1C(=O)O. The number of anilines is 1. The molecule has 1 aromatic rings. The van der Waals surface area contributed by atoms with E-state index in [1.165, 1.54) is 9.80 Å². The minimum atomic E-state index is -0.877. The molecule has 0 unspecified atom stereocenters. The van der Waals surface area contributed by atoms with Gasteiger partial charge in [0.05, 0.1) is 17.2 Å². The Balaban J connectivity index is 2.18. The van der Waals surface area contributed by atoms with Crippen LogP contribution in [0, 0.1) is 23.2 Å². The average molecular weight is 287 g/mol. The van der Waals surface area contributed by atoms with Crippen LogP contribution in [0.15, 0.2) is 24.3 Å². The monoisotopic (exact) mass is 287 g/mol. The first kappa shape index (κ1) is 14.9. The Morgan fingerprint density at radius 1 is 1.38 bits per heavy atom. The van der Waals surface area contributed by atoms with Crippen LogP contribution in [0.2, 0.25) is 0 Å². The lowest BCUT2D eigenvalue weighted by Crippen LogP contribution is -2.40. The minimum Gasteiger partial charge on any atom is -0.481 e. The number of amides is 2. The summed E-state index contributed by atoms with van der Waals surface area (Å²) in [6.07, 6.45) is 0. The highest BCUT2D eigenvalue weighted by Gasteiger charge is 2.38. The highest BCUT2D eigenvalue weighted by atomic mass is 16.4. The summed E-state index contributed by atoms with van der Waals surface area (Å²) < 4.78 is 0. The number of carboxylic acids is 1. The molecule has 2 amide bonds. The van der Waals surface area contributed by atoms with E-state index in [4.69, 9.17) is 10.4 Å². The molecule has 0 saturated carbocycles. The first-order valence-corrected chi connectivity index (χ1v) is 6.70. The molecule has 21 heavy (non-hydrogen) atoms. The van der Waals surface area contributed by atoms with Crippen molar-refractivity contribution in [1.82, 2.24) is 4.90 Å². The standard InChI is InChI=1S/C15H17N3O3/c1-10-8-18(9-12(10)14(19)20)15(21)17(2)13-6-4-3-5-11(13)7-16/h3-6,10,12H,8-9H2,1-2H3,(H,19,20)/t10-,12-/m1/s1. The highest BCUT2D eigenvalue weighted by Crippen LogP contribution is 2.26. The molecule has 1 N–H and O–H groups in total. The number of nitriles is 1. The second-order valence-electron chi connectivity index (χ2n) is 5.30. The fourth-order valence-electron chi connectivity index (χ4n) is 2.62. The maximum absolute atomic E-state index is 12.5. The molecule has 6 heteroatoms. The van der Waals surface area contributed by atoms with E-state index in [1.807, 2.05) is 6.92 Å². The van der Waals surface area contributed by atoms with Crippen LogP contribution in [0.5, 0.6) is 0 Å². The van der Waals surface area contributed by atoms with E-state index in [0.717, 1.165) is 0 Å². The van der Waals surface area contributed by atoms with E-state index in [0.29, 0.717) is 17.8 Å². The number of hydrogen-bond donors (Lipinski definition) is 1. The van der Waals surface area contributed by atoms with Gasteiger partial charge in [-0.2, -0.15) is 5.26 Å². The summed E-state index contributed by atoms with van der Waals surface area (Å²) >= 11 is 0. The van der Waals surface area contributed by atoms with E-state index in [1.54, 1.807) is 31.3 Å². The molecule has 2 atom stereocenters. The van der Waals surface area contributed by atoms with Crippen LogP contribution < -0.4 is 4.90 Å². The fraction of sp³-hybridized carbons (Fsp3) is 0.400. The maximum atomic E-state index is 12.5. The molecule has 1 heterocycles. The van der Waals surface area contributed by atoms with Crippen molar-refractivity contribution in [2.75, 3.05) is 25.0 Å². The molecule has 2 rings (SSSR count). The van der Waals surface area contributed by atoms with Gasteiger partial charge >= 0.3 is 12.0 Å². The van der Waals surface area contributed by atoms with Gasteiger partial charge in [-0.25, -0.2) is 4.79 Å². The first-order chi connectivity index (χ1) is 9.95. The normalized spacial score (nSPS) is 20.9. The van der Waals surface area contributed by atoms with E-state index in [2.05, 4.69) is 6.07 Å². The van der Waals surface area contributed by atoms with Gasteiger partial charge in [-0.05, 0) is 18.1 Å². The lowest BCUT2D eigenvalue weighted by Gasteiger charge is -2.25. The summed E-state index contributed by atoms with van der Waals surface area (Å²) in [7, 11) is 1.59. The molecule has 0 spiro atoms. The zero-order valence-corrected chi connectivity index (χ0v) is 12.0. The predicted molar refractivity (Wildman–Crippen MR) is 76.8 cm³/mol. The Morgan fingerprint density at radius 2 is 2.05 bits per heavy atom. The number of rotatable bonds is 2. The molecule has 6 nitrogen and oxygen atoms in total. The molecule has 1 saturated heterocycles. The average Bonchev–Trinajstić information content (AvgIpc) is 2.87. The third-order valence-corrected chi connectivity index (χ3v) is 3.87. The van der Waals surface area contributed by atoms with Crippen molar-refractivity contribution in [2.45, 2.75) is 6.92 Å². The van der Waals surface area contributed by atoms with Gasteiger partial charge in [0, 0.05) is 20.1 Å². The minimum absolute atomic E-state index is 0.0777. The molecule has 0 aliphatic carbocycles. The van der Waals surface area contributed by atoms with Crippen LogP contribution in [0.25, 0.3) is 0 Å². The van der Waals surface area contributed by atoms with E-state index in [9.17, 15) is 9.59 Å². The third-order valence-electron chi connectivity index (χ3n) is 3.87. The van der Waals surface area contributed by atoms with Crippen LogP contribution >= 0.6 is 0 Å². The van der Waals surface area contributed by atoms with E-state index in [-0.39, 0.29) is 18.5 Å². The number of aliphatic carboxylic acids is 1. The van der Waals surface area contributed by atoms with Crippen molar-refractivity contribution >= 4 is 17.7 Å². The van der Waals surface area contributed by atoms with Crippen LogP contribution in [0.4, 0.5) is 10.5 Å². The molecule has 0 bridgehead atoms. The van der Waals surface area contributed by atoms with Gasteiger partial charge in [0.15, 0.2) is 0 Å². The quantitative estimate of drug-likeness (QED) is 0.898. The second-order valence-corrected chi connectivity index (χ2v) is 5.30. The largest absolute Gasteiger partial charge is 0.481 e. The summed E-state index contributed by atoms with van der Waals surface area (Å²) in [5, 5.41) is 18.2. The number of urea groups is 1. The van der Waals surface area contributed by atoms with Crippen LogP contribution in [-0.2, 0) is 4.79 Å². The topological polar surface area (TPSA) is 84.6 Å². The summed E-state index contributed by atoms with van der Waals surface area (Å²) in [5.74, 6) is -1.49. The van der Waals surface area contributed by atoms with Crippen LogP contribution in [0.3, 0.4) is 0 Å². The van der Waals surface area contributed by atoms with Crippen LogP contribution in [0.1, 0.15) is 12.5 Å². The summed E-state index contributed by atoms with van der Waals surface area (Å²) in [6, 6.07) is 8.60. The second kappa shape index (κ2) is 5.83. The summed E-state index contributed by atoms with van der Waals surface area (Å²) in [6.45, 7) is 2.44. The number of carboxylic acid groups (broad SMARTS) is 1. The lowest BCUT2D eigenvalue weighted by molar-refractivity contribution is -0.142. The molecular weight excluding hydrogens is 270 g/mol. The Labute approximate surface area is 123 Å². The van der Waals surface area contributed by atoms with Crippen molar-refractivity contribution in [3.8, 4) is 6.07 Å². The van der Waals surface area contributed by atoms with Gasteiger partial charge < -0.3 is 10.0 Å². The van der Waals surface area contributed by atoms with Crippen molar-refractivity contribution in [3.05, 3.63) is 29.8 Å². The summed E-state index contributed by atoms with van der Waals surface area (Å²) in [4.78, 5) is 26.5. The zero-order chi connectivity index (χ0) is 15.6. The van der Waals surface area contributed by atoms with Crippen molar-refractivity contribution < 1.29 is 14.7 Å². The van der Waals surface area contributed by atoms with Gasteiger partial charge in [-0.1, -0.05) is 19.1 Å². The zero-order valence-electron chi connectivity index (χ0n) is 12.0. The lowest BCUT2D eigenvalue weighted by atomic mass is 9.99. The molecule has 1 fully saturated rings. The first-order valence-electron chi connectivity index (χ1n) is 6.70. The number of nitrogens with zero attached hydrogens (tertiary/aromatic N) is 3. The molecule has 0 radical (unpaired) electrons. The number of likely N-dealkylation sites (tertiary alicyclic amines) is 1. The molecule has 1 aliphatic rings. The number of hydrogen-bond acceptors (Lipinski definition) is 3. The molecule has 1 aromatic carbocycles. The van der Waals surface area contributed by atoms with E-state index < -0.39 is 11.9 Å². The van der Waals surface area contributed by atoms with E-state index >= 15 is 0 Å². The predicted octanol–water partition coefficient (Wildman–Crippen LogP) is 1.77. The summed E-state index contributed by atoms with van der Waals surface area (Å²) in [5.41, 5.74) is 0.937. The Bertz CT molecular complexity index is 608. The molecular formula is C15H17N3O3. The number of carbonyl (C=O) groups excluding carboxylic acids is 1. The Morgan fingerprint density at radius 3 is 2.62 bits per heavy atom.